The van der Waals surface area contributed by atoms with Gasteiger partial charge in [-0.05, 0) is 6.42 Å². The van der Waals surface area contributed by atoms with Gasteiger partial charge in [0.1, 0.15) is 5.78 Å². The van der Waals surface area contributed by atoms with E-state index in [4.69, 9.17) is 4.55 Å². The fraction of sp³-hybridized carbons (Fsp3) is 0.952. The molecular weight excluding hydrogens is 364 g/mol. The molecule has 6 heteroatoms. The lowest BCUT2D eigenvalue weighted by Gasteiger charge is -2.04. The van der Waals surface area contributed by atoms with Gasteiger partial charge in [-0.3, -0.25) is 9.35 Å². The van der Waals surface area contributed by atoms with Crippen LogP contribution < -0.4 is 0 Å². The second-order valence-corrected chi connectivity index (χ2v) is 8.68. The topological polar surface area (TPSA) is 80.7 Å². The zero-order chi connectivity index (χ0) is 20.2. The maximum atomic E-state index is 11.5. The molecule has 0 spiro atoms. The molecule has 0 radical (unpaired) electrons. The number of hydrogen-bond donors (Lipinski definition) is 1. The van der Waals surface area contributed by atoms with Crippen LogP contribution in [-0.4, -0.2) is 25.4 Å². The molecular formula is C21H42O5S. The molecule has 162 valence electrons. The molecule has 0 aliphatic heterocycles. The molecule has 0 aromatic rings. The summed E-state index contributed by atoms with van der Waals surface area (Å²) in [5.41, 5.74) is 0. The monoisotopic (exact) mass is 406 g/mol. The quantitative estimate of drug-likeness (QED) is 0.176. The van der Waals surface area contributed by atoms with Crippen molar-refractivity contribution in [3.8, 4) is 0 Å². The van der Waals surface area contributed by atoms with Crippen molar-refractivity contribution < 1.29 is 21.9 Å². The second kappa shape index (κ2) is 18.9. The van der Waals surface area contributed by atoms with Gasteiger partial charge in [0.25, 0.3) is 0 Å². The van der Waals surface area contributed by atoms with Crippen LogP contribution >= 0.6 is 0 Å². The van der Waals surface area contributed by atoms with Crippen molar-refractivity contribution in [3.63, 3.8) is 0 Å². The van der Waals surface area contributed by atoms with Crippen LogP contribution in [0.4, 0.5) is 0 Å². The standard InChI is InChI=1S/C21H42O5S/c1-2-3-4-5-6-7-8-9-10-11-12-13-14-15-16-17-18-21(22)19-20-26-27(23,24)25/h2-20H2,1H3,(H,23,24,25). The Morgan fingerprint density at radius 1 is 0.667 bits per heavy atom. The third-order valence-electron chi connectivity index (χ3n) is 4.92. The van der Waals surface area contributed by atoms with Gasteiger partial charge in [0.2, 0.25) is 0 Å². The van der Waals surface area contributed by atoms with E-state index in [0.717, 1.165) is 19.3 Å². The van der Waals surface area contributed by atoms with Crippen molar-refractivity contribution in [2.24, 2.45) is 0 Å². The second-order valence-electron chi connectivity index (χ2n) is 7.59. The van der Waals surface area contributed by atoms with Crippen molar-refractivity contribution in [2.75, 3.05) is 6.61 Å². The van der Waals surface area contributed by atoms with Gasteiger partial charge in [0, 0.05) is 12.8 Å². The summed E-state index contributed by atoms with van der Waals surface area (Å²) in [6, 6.07) is 0. The summed E-state index contributed by atoms with van der Waals surface area (Å²) in [5, 5.41) is 0. The zero-order valence-electron chi connectivity index (χ0n) is 17.4. The molecule has 0 rings (SSSR count). The first-order valence-electron chi connectivity index (χ1n) is 11.1. The first-order valence-corrected chi connectivity index (χ1v) is 12.5. The number of carbonyl (C=O) groups excluding carboxylic acids is 1. The average Bonchev–Trinajstić information content (AvgIpc) is 2.60. The van der Waals surface area contributed by atoms with E-state index in [2.05, 4.69) is 11.1 Å². The molecule has 0 fully saturated rings. The van der Waals surface area contributed by atoms with Crippen LogP contribution in [0, 0.1) is 0 Å². The summed E-state index contributed by atoms with van der Waals surface area (Å²) in [6.07, 6.45) is 21.3. The van der Waals surface area contributed by atoms with Gasteiger partial charge in [-0.25, -0.2) is 4.18 Å². The summed E-state index contributed by atoms with van der Waals surface area (Å²) in [5.74, 6) is -0.0102. The van der Waals surface area contributed by atoms with Crippen molar-refractivity contribution in [1.29, 1.82) is 0 Å². The van der Waals surface area contributed by atoms with E-state index in [1.165, 1.54) is 83.5 Å². The fourth-order valence-electron chi connectivity index (χ4n) is 3.26. The molecule has 5 nitrogen and oxygen atoms in total. The van der Waals surface area contributed by atoms with Gasteiger partial charge < -0.3 is 0 Å². The van der Waals surface area contributed by atoms with Gasteiger partial charge >= 0.3 is 10.4 Å². The van der Waals surface area contributed by atoms with Crippen molar-refractivity contribution in [2.45, 2.75) is 122 Å². The molecule has 0 heterocycles. The van der Waals surface area contributed by atoms with E-state index in [1.807, 2.05) is 0 Å². The van der Waals surface area contributed by atoms with Gasteiger partial charge in [-0.2, -0.15) is 8.42 Å². The van der Waals surface area contributed by atoms with E-state index in [-0.39, 0.29) is 18.8 Å². The van der Waals surface area contributed by atoms with Crippen LogP contribution in [0.25, 0.3) is 0 Å². The van der Waals surface area contributed by atoms with Crippen LogP contribution in [0.2, 0.25) is 0 Å². The molecule has 0 aromatic heterocycles. The molecule has 1 N–H and O–H groups in total. The molecule has 0 amide bonds. The third-order valence-corrected chi connectivity index (χ3v) is 5.39. The lowest BCUT2D eigenvalue weighted by Crippen LogP contribution is -2.09. The summed E-state index contributed by atoms with van der Waals surface area (Å²) < 4.78 is 33.2. The number of carbonyl (C=O) groups is 1. The van der Waals surface area contributed by atoms with Gasteiger partial charge in [0.15, 0.2) is 0 Å². The fourth-order valence-corrected chi connectivity index (χ4v) is 3.55. The predicted molar refractivity (Wildman–Crippen MR) is 111 cm³/mol. The van der Waals surface area contributed by atoms with Crippen LogP contribution in [0.1, 0.15) is 122 Å². The van der Waals surface area contributed by atoms with Crippen LogP contribution in [0.15, 0.2) is 0 Å². The van der Waals surface area contributed by atoms with Gasteiger partial charge in [-0.1, -0.05) is 103 Å². The lowest BCUT2D eigenvalue weighted by molar-refractivity contribution is -0.119. The van der Waals surface area contributed by atoms with Gasteiger partial charge in [0.05, 0.1) is 6.61 Å². The molecule has 0 aliphatic rings. The third kappa shape index (κ3) is 23.5. The first kappa shape index (κ1) is 26.5. The number of hydrogen-bond acceptors (Lipinski definition) is 4. The Morgan fingerprint density at radius 3 is 1.41 bits per heavy atom. The summed E-state index contributed by atoms with van der Waals surface area (Å²) in [6.45, 7) is 1.99. The van der Waals surface area contributed by atoms with E-state index < -0.39 is 10.4 Å². The number of unbranched alkanes of at least 4 members (excludes halogenated alkanes) is 15. The Labute approximate surface area is 167 Å². The largest absolute Gasteiger partial charge is 0.397 e. The first-order chi connectivity index (χ1) is 13.0. The van der Waals surface area contributed by atoms with Crippen molar-refractivity contribution in [3.05, 3.63) is 0 Å². The summed E-state index contributed by atoms with van der Waals surface area (Å²) in [4.78, 5) is 11.5. The minimum atomic E-state index is -4.42. The van der Waals surface area contributed by atoms with E-state index in [9.17, 15) is 13.2 Å². The van der Waals surface area contributed by atoms with E-state index in [1.54, 1.807) is 0 Å². The highest BCUT2D eigenvalue weighted by Crippen LogP contribution is 2.14. The van der Waals surface area contributed by atoms with Crippen LogP contribution in [-0.2, 0) is 19.4 Å². The Morgan fingerprint density at radius 2 is 1.04 bits per heavy atom. The minimum absolute atomic E-state index is 0.0102. The molecule has 0 aliphatic carbocycles. The molecule has 0 atom stereocenters. The van der Waals surface area contributed by atoms with Crippen molar-refractivity contribution >= 4 is 16.2 Å². The molecule has 0 saturated heterocycles. The zero-order valence-corrected chi connectivity index (χ0v) is 18.2. The number of Topliss-reactive ketones (excluding diaryl/α,β-unsaturated/α-hetero) is 1. The molecule has 0 saturated carbocycles. The Bertz CT molecular complexity index is 434. The maximum absolute atomic E-state index is 11.5. The lowest BCUT2D eigenvalue weighted by atomic mass is 10.0. The highest BCUT2D eigenvalue weighted by molar-refractivity contribution is 7.80. The number of rotatable bonds is 21. The Hall–Kier alpha value is -0.460. The molecule has 0 bridgehead atoms. The average molecular weight is 407 g/mol. The van der Waals surface area contributed by atoms with E-state index >= 15 is 0 Å². The van der Waals surface area contributed by atoms with Crippen LogP contribution in [0.3, 0.4) is 0 Å². The smallest absolute Gasteiger partial charge is 0.300 e. The van der Waals surface area contributed by atoms with E-state index in [0.29, 0.717) is 6.42 Å². The minimum Gasteiger partial charge on any atom is -0.300 e. The SMILES string of the molecule is CCCCCCCCCCCCCCCCCCC(=O)CCOS(=O)(=O)O. The normalized spacial score (nSPS) is 11.8. The van der Waals surface area contributed by atoms with Crippen molar-refractivity contribution in [1.82, 2.24) is 0 Å². The maximum Gasteiger partial charge on any atom is 0.397 e. The summed E-state index contributed by atoms with van der Waals surface area (Å²) in [7, 11) is -4.42. The predicted octanol–water partition coefficient (Wildman–Crippen LogP) is 6.42. The molecule has 27 heavy (non-hydrogen) atoms. The molecule has 0 aromatic carbocycles. The molecule has 0 unspecified atom stereocenters. The Kier molecular flexibility index (Phi) is 18.6. The highest BCUT2D eigenvalue weighted by atomic mass is 32.3. The highest BCUT2D eigenvalue weighted by Gasteiger charge is 2.07. The summed E-state index contributed by atoms with van der Waals surface area (Å²) >= 11 is 0. The van der Waals surface area contributed by atoms with Crippen LogP contribution in [0.5, 0.6) is 0 Å². The number of ketones is 1. The Balaban J connectivity index is 3.17. The van der Waals surface area contributed by atoms with Gasteiger partial charge in [-0.15, -0.1) is 0 Å².